The van der Waals surface area contributed by atoms with E-state index in [1.807, 2.05) is 6.08 Å². The molecule has 0 fully saturated rings. The van der Waals surface area contributed by atoms with E-state index in [1.54, 1.807) is 0 Å². The molecule has 0 aromatic rings. The Hall–Kier alpha value is -0.560. The largest absolute Gasteiger partial charge is 0.389 e. The van der Waals surface area contributed by atoms with Crippen LogP contribution < -0.4 is 0 Å². The Kier molecular flexibility index (Phi) is 2.05. The van der Waals surface area contributed by atoms with Gasteiger partial charge in [0.25, 0.3) is 0 Å². The maximum atomic E-state index is 9.40. The molecule has 0 bridgehead atoms. The van der Waals surface area contributed by atoms with Crippen LogP contribution in [0.1, 0.15) is 26.2 Å². The summed E-state index contributed by atoms with van der Waals surface area (Å²) in [6.45, 7) is 2.26. The number of hydrogen-bond acceptors (Lipinski definition) is 1. The fraction of sp³-hybridized carbons (Fsp3) is 0.636. The Morgan fingerprint density at radius 1 is 1.42 bits per heavy atom. The van der Waals surface area contributed by atoms with E-state index in [4.69, 9.17) is 0 Å². The summed E-state index contributed by atoms with van der Waals surface area (Å²) < 4.78 is 0. The molecule has 0 amide bonds. The second-order valence-electron chi connectivity index (χ2n) is 4.08. The zero-order chi connectivity index (χ0) is 8.55. The van der Waals surface area contributed by atoms with Crippen molar-refractivity contribution in [1.29, 1.82) is 0 Å². The molecule has 3 unspecified atom stereocenters. The SMILES string of the molecule is CC1C=CC2=CC(O)CCC2C1. The molecular weight excluding hydrogens is 148 g/mol. The van der Waals surface area contributed by atoms with Crippen molar-refractivity contribution in [2.45, 2.75) is 32.3 Å². The van der Waals surface area contributed by atoms with E-state index in [0.29, 0.717) is 0 Å². The minimum absolute atomic E-state index is 0.186. The number of aliphatic hydroxyl groups is 1. The lowest BCUT2D eigenvalue weighted by Crippen LogP contribution is -2.20. The summed E-state index contributed by atoms with van der Waals surface area (Å²) >= 11 is 0. The highest BCUT2D eigenvalue weighted by molar-refractivity contribution is 5.28. The topological polar surface area (TPSA) is 20.2 Å². The summed E-state index contributed by atoms with van der Waals surface area (Å²) in [4.78, 5) is 0. The van der Waals surface area contributed by atoms with Crippen molar-refractivity contribution in [2.75, 3.05) is 0 Å². The Bertz CT molecular complexity index is 227. The van der Waals surface area contributed by atoms with Crippen LogP contribution in [0.25, 0.3) is 0 Å². The second kappa shape index (κ2) is 3.06. The van der Waals surface area contributed by atoms with Gasteiger partial charge in [0.05, 0.1) is 6.10 Å². The minimum Gasteiger partial charge on any atom is -0.389 e. The van der Waals surface area contributed by atoms with Gasteiger partial charge in [-0.15, -0.1) is 0 Å². The molecule has 0 aromatic carbocycles. The second-order valence-corrected chi connectivity index (χ2v) is 4.08. The molecule has 0 spiro atoms. The highest BCUT2D eigenvalue weighted by Crippen LogP contribution is 2.34. The molecular formula is C11H16O. The zero-order valence-electron chi connectivity index (χ0n) is 7.53. The van der Waals surface area contributed by atoms with E-state index in [2.05, 4.69) is 19.1 Å². The molecule has 0 aromatic heterocycles. The highest BCUT2D eigenvalue weighted by atomic mass is 16.3. The van der Waals surface area contributed by atoms with Crippen LogP contribution in [0.2, 0.25) is 0 Å². The van der Waals surface area contributed by atoms with E-state index in [0.717, 1.165) is 18.3 Å². The average Bonchev–Trinajstić information content (AvgIpc) is 2.05. The van der Waals surface area contributed by atoms with Crippen LogP contribution in [0.15, 0.2) is 23.8 Å². The molecule has 2 aliphatic rings. The summed E-state index contributed by atoms with van der Waals surface area (Å²) in [7, 11) is 0. The minimum atomic E-state index is -0.186. The maximum absolute atomic E-state index is 9.40. The third kappa shape index (κ3) is 1.46. The van der Waals surface area contributed by atoms with Crippen molar-refractivity contribution >= 4 is 0 Å². The van der Waals surface area contributed by atoms with Crippen molar-refractivity contribution in [3.05, 3.63) is 23.8 Å². The van der Waals surface area contributed by atoms with E-state index < -0.39 is 0 Å². The monoisotopic (exact) mass is 164 g/mol. The lowest BCUT2D eigenvalue weighted by atomic mass is 9.77. The van der Waals surface area contributed by atoms with Gasteiger partial charge in [-0.1, -0.05) is 25.2 Å². The smallest absolute Gasteiger partial charge is 0.0726 e. The van der Waals surface area contributed by atoms with Gasteiger partial charge in [0.2, 0.25) is 0 Å². The Labute approximate surface area is 73.8 Å². The Morgan fingerprint density at radius 2 is 2.25 bits per heavy atom. The summed E-state index contributed by atoms with van der Waals surface area (Å²) in [5.74, 6) is 1.45. The van der Waals surface area contributed by atoms with Gasteiger partial charge in [-0.2, -0.15) is 0 Å². The molecule has 66 valence electrons. The van der Waals surface area contributed by atoms with Crippen LogP contribution in [-0.2, 0) is 0 Å². The van der Waals surface area contributed by atoms with Gasteiger partial charge in [0.15, 0.2) is 0 Å². The molecule has 1 heteroatoms. The number of allylic oxidation sites excluding steroid dienone is 3. The highest BCUT2D eigenvalue weighted by Gasteiger charge is 2.23. The summed E-state index contributed by atoms with van der Waals surface area (Å²) in [6, 6.07) is 0. The molecule has 0 radical (unpaired) electrons. The molecule has 0 saturated carbocycles. The van der Waals surface area contributed by atoms with E-state index in [-0.39, 0.29) is 6.10 Å². The predicted molar refractivity (Wildman–Crippen MR) is 49.7 cm³/mol. The van der Waals surface area contributed by atoms with Gasteiger partial charge < -0.3 is 5.11 Å². The fourth-order valence-corrected chi connectivity index (χ4v) is 2.23. The third-order valence-electron chi connectivity index (χ3n) is 2.94. The van der Waals surface area contributed by atoms with Crippen molar-refractivity contribution in [2.24, 2.45) is 11.8 Å². The van der Waals surface area contributed by atoms with Crippen LogP contribution in [0.5, 0.6) is 0 Å². The quantitative estimate of drug-likeness (QED) is 0.582. The molecule has 0 saturated heterocycles. The maximum Gasteiger partial charge on any atom is 0.0726 e. The van der Waals surface area contributed by atoms with Crippen LogP contribution >= 0.6 is 0 Å². The van der Waals surface area contributed by atoms with Crippen LogP contribution in [0, 0.1) is 11.8 Å². The van der Waals surface area contributed by atoms with Gasteiger partial charge in [-0.25, -0.2) is 0 Å². The Morgan fingerprint density at radius 3 is 3.08 bits per heavy atom. The van der Waals surface area contributed by atoms with E-state index in [9.17, 15) is 5.11 Å². The number of aliphatic hydroxyl groups excluding tert-OH is 1. The summed E-state index contributed by atoms with van der Waals surface area (Å²) in [5.41, 5.74) is 1.37. The number of hydrogen-bond donors (Lipinski definition) is 1. The molecule has 3 atom stereocenters. The third-order valence-corrected chi connectivity index (χ3v) is 2.94. The first-order valence-electron chi connectivity index (χ1n) is 4.83. The molecule has 1 nitrogen and oxygen atoms in total. The lowest BCUT2D eigenvalue weighted by molar-refractivity contribution is 0.188. The standard InChI is InChI=1S/C11H16O/c1-8-2-3-10-7-11(12)5-4-9(10)6-8/h2-3,7-9,11-12H,4-6H2,1H3. The van der Waals surface area contributed by atoms with Gasteiger partial charge in [-0.05, 0) is 36.7 Å². The first-order chi connectivity index (χ1) is 5.75. The first-order valence-corrected chi connectivity index (χ1v) is 4.83. The van der Waals surface area contributed by atoms with Crippen molar-refractivity contribution < 1.29 is 5.11 Å². The van der Waals surface area contributed by atoms with Gasteiger partial charge in [0.1, 0.15) is 0 Å². The van der Waals surface area contributed by atoms with Crippen LogP contribution in [0.3, 0.4) is 0 Å². The summed E-state index contributed by atoms with van der Waals surface area (Å²) in [6.07, 6.45) is 9.68. The van der Waals surface area contributed by atoms with Gasteiger partial charge in [-0.3, -0.25) is 0 Å². The van der Waals surface area contributed by atoms with Gasteiger partial charge in [0, 0.05) is 0 Å². The fourth-order valence-electron chi connectivity index (χ4n) is 2.23. The van der Waals surface area contributed by atoms with Crippen molar-refractivity contribution in [1.82, 2.24) is 0 Å². The van der Waals surface area contributed by atoms with Crippen molar-refractivity contribution in [3.63, 3.8) is 0 Å². The van der Waals surface area contributed by atoms with E-state index >= 15 is 0 Å². The molecule has 1 N–H and O–H groups in total. The Balaban J connectivity index is 2.21. The first kappa shape index (κ1) is 8.06. The molecule has 0 heterocycles. The lowest BCUT2D eigenvalue weighted by Gasteiger charge is -2.29. The van der Waals surface area contributed by atoms with Crippen molar-refractivity contribution in [3.8, 4) is 0 Å². The number of rotatable bonds is 0. The molecule has 2 aliphatic carbocycles. The predicted octanol–water partition coefficient (Wildman–Crippen LogP) is 2.28. The molecule has 2 rings (SSSR count). The molecule has 0 aliphatic heterocycles. The van der Waals surface area contributed by atoms with E-state index in [1.165, 1.54) is 18.4 Å². The van der Waals surface area contributed by atoms with Crippen LogP contribution in [0.4, 0.5) is 0 Å². The summed E-state index contributed by atoms with van der Waals surface area (Å²) in [5, 5.41) is 9.40. The van der Waals surface area contributed by atoms with Gasteiger partial charge >= 0.3 is 0 Å². The normalized spacial score (nSPS) is 40.5. The molecule has 12 heavy (non-hydrogen) atoms. The zero-order valence-corrected chi connectivity index (χ0v) is 7.53. The average molecular weight is 164 g/mol. The van der Waals surface area contributed by atoms with Crippen LogP contribution in [-0.4, -0.2) is 11.2 Å². The number of fused-ring (bicyclic) bond motifs is 1.